The summed E-state index contributed by atoms with van der Waals surface area (Å²) >= 11 is 0. The Morgan fingerprint density at radius 2 is 1.67 bits per heavy atom. The first-order valence-corrected chi connectivity index (χ1v) is 16.5. The minimum Gasteiger partial charge on any atom is -0.498 e. The van der Waals surface area contributed by atoms with Crippen molar-refractivity contribution in [1.82, 2.24) is 4.90 Å². The Labute approximate surface area is 234 Å². The van der Waals surface area contributed by atoms with Gasteiger partial charge in [0.25, 0.3) is 0 Å². The molecule has 0 bridgehead atoms. The van der Waals surface area contributed by atoms with Gasteiger partial charge in [-0.25, -0.2) is 8.42 Å². The lowest BCUT2D eigenvalue weighted by Crippen LogP contribution is -2.28. The molecule has 2 aromatic rings. The summed E-state index contributed by atoms with van der Waals surface area (Å²) in [6.45, 7) is 10.6. The van der Waals surface area contributed by atoms with E-state index in [1.165, 1.54) is 25.7 Å². The number of fused-ring (bicyclic) bond motifs is 1. The first-order valence-electron chi connectivity index (χ1n) is 14.6. The molecular formula is C31H46N2O5S. The highest BCUT2D eigenvalue weighted by Gasteiger charge is 2.25. The molecule has 216 valence electrons. The average molecular weight is 559 g/mol. The first kappa shape index (κ1) is 31.0. The normalized spacial score (nSPS) is 14.0. The zero-order valence-electron chi connectivity index (χ0n) is 24.2. The number of hydrogen-bond acceptors (Lipinski definition) is 6. The van der Waals surface area contributed by atoms with Gasteiger partial charge >= 0.3 is 0 Å². The Morgan fingerprint density at radius 1 is 0.974 bits per heavy atom. The van der Waals surface area contributed by atoms with Gasteiger partial charge in [0, 0.05) is 36.0 Å². The lowest BCUT2D eigenvalue weighted by Gasteiger charge is -2.22. The molecule has 1 aliphatic rings. The molecule has 0 saturated carbocycles. The molecule has 0 fully saturated rings. The topological polar surface area (TPSA) is 88.8 Å². The van der Waals surface area contributed by atoms with Crippen molar-refractivity contribution in [3.63, 3.8) is 0 Å². The van der Waals surface area contributed by atoms with E-state index in [0.29, 0.717) is 53.8 Å². The Bertz CT molecular complexity index is 1250. The van der Waals surface area contributed by atoms with Crippen LogP contribution in [0.2, 0.25) is 0 Å². The third-order valence-corrected chi connectivity index (χ3v) is 7.62. The number of furan rings is 1. The van der Waals surface area contributed by atoms with Crippen LogP contribution in [0.5, 0.6) is 0 Å². The van der Waals surface area contributed by atoms with Crippen molar-refractivity contribution in [2.24, 2.45) is 0 Å². The fraction of sp³-hybridized carbons (Fsp3) is 0.581. The number of anilines is 1. The number of nitrogens with zero attached hydrogens (tertiary/aromatic N) is 1. The highest BCUT2D eigenvalue weighted by atomic mass is 32.2. The summed E-state index contributed by atoms with van der Waals surface area (Å²) in [5.74, 6) is 1.52. The number of aryl methyl sites for hydroxylation is 1. The molecule has 0 spiro atoms. The van der Waals surface area contributed by atoms with Gasteiger partial charge in [0.2, 0.25) is 10.0 Å². The molecule has 39 heavy (non-hydrogen) atoms. The van der Waals surface area contributed by atoms with E-state index in [1.54, 1.807) is 18.2 Å². The fourth-order valence-corrected chi connectivity index (χ4v) is 5.42. The van der Waals surface area contributed by atoms with Gasteiger partial charge in [-0.05, 0) is 69.5 Å². The molecule has 1 aromatic carbocycles. The number of unbranched alkanes of at least 4 members (excludes halogenated alkanes) is 3. The molecule has 0 radical (unpaired) electrons. The third-order valence-electron chi connectivity index (χ3n) is 7.01. The van der Waals surface area contributed by atoms with Crippen LogP contribution in [0.3, 0.4) is 0 Å². The lowest BCUT2D eigenvalue weighted by atomic mass is 9.93. The summed E-state index contributed by atoms with van der Waals surface area (Å²) in [6.07, 6.45) is 14.6. The summed E-state index contributed by atoms with van der Waals surface area (Å²) in [5.41, 5.74) is 2.26. The number of rotatable bonds is 18. The van der Waals surface area contributed by atoms with E-state index in [0.717, 1.165) is 56.5 Å². The van der Waals surface area contributed by atoms with Crippen molar-refractivity contribution in [3.05, 3.63) is 53.0 Å². The van der Waals surface area contributed by atoms with E-state index in [-0.39, 0.29) is 5.78 Å². The van der Waals surface area contributed by atoms with Crippen LogP contribution in [0.1, 0.15) is 94.7 Å². The monoisotopic (exact) mass is 558 g/mol. The highest BCUT2D eigenvalue weighted by molar-refractivity contribution is 7.92. The van der Waals surface area contributed by atoms with Gasteiger partial charge in [-0.1, -0.05) is 46.1 Å². The molecule has 1 aliphatic carbocycles. The molecular weight excluding hydrogens is 512 g/mol. The van der Waals surface area contributed by atoms with E-state index in [9.17, 15) is 13.2 Å². The molecule has 1 N–H and O–H groups in total. The van der Waals surface area contributed by atoms with Crippen LogP contribution in [0.25, 0.3) is 11.0 Å². The van der Waals surface area contributed by atoms with Crippen molar-refractivity contribution < 1.29 is 22.4 Å². The van der Waals surface area contributed by atoms with Crippen LogP contribution in [0.15, 0.2) is 46.1 Å². The van der Waals surface area contributed by atoms with Crippen LogP contribution in [0, 0.1) is 0 Å². The summed E-state index contributed by atoms with van der Waals surface area (Å²) in [4.78, 5) is 16.3. The maximum atomic E-state index is 13.7. The smallest absolute Gasteiger partial charge is 0.229 e. The summed E-state index contributed by atoms with van der Waals surface area (Å²) in [7, 11) is -3.44. The number of Topliss-reactive ketones (excluding diaryl/α,β-unsaturated/α-hetero) is 1. The van der Waals surface area contributed by atoms with Crippen LogP contribution in [-0.4, -0.2) is 51.6 Å². The quantitative estimate of drug-likeness (QED) is 0.153. The van der Waals surface area contributed by atoms with Crippen molar-refractivity contribution in [3.8, 4) is 0 Å². The van der Waals surface area contributed by atoms with Crippen molar-refractivity contribution >= 4 is 32.5 Å². The number of hydrogen-bond donors (Lipinski definition) is 1. The van der Waals surface area contributed by atoms with E-state index in [4.69, 9.17) is 9.15 Å². The SMILES string of the molecule is CCCCc1oc2ccc(NS(C)(=O)=O)cc2c1C(=O)C1=CC=C(OCCCN(CCCC)CCCC)CC1. The number of ketones is 1. The minimum absolute atomic E-state index is 0.0610. The number of benzene rings is 1. The molecule has 1 heterocycles. The van der Waals surface area contributed by atoms with Crippen molar-refractivity contribution in [2.45, 2.75) is 85.0 Å². The van der Waals surface area contributed by atoms with E-state index >= 15 is 0 Å². The first-order chi connectivity index (χ1) is 18.8. The molecule has 1 aromatic heterocycles. The standard InChI is InChI=1S/C31H46N2O5S/c1-5-8-12-29-30(27-23-25(32-39(4,35)36)15-18-28(27)38-29)31(34)24-13-16-26(17-14-24)37-22-11-21-33(19-9-6-2)20-10-7-3/h13,15-16,18,23,32H,5-12,14,17,19-22H2,1-4H3. The van der Waals surface area contributed by atoms with Gasteiger partial charge in [-0.3, -0.25) is 9.52 Å². The Kier molecular flexibility index (Phi) is 12.1. The second kappa shape index (κ2) is 15.3. The number of nitrogens with one attached hydrogen (secondary N) is 1. The molecule has 7 nitrogen and oxygen atoms in total. The van der Waals surface area contributed by atoms with Gasteiger partial charge in [-0.2, -0.15) is 0 Å². The molecule has 3 rings (SSSR count). The van der Waals surface area contributed by atoms with E-state index < -0.39 is 10.0 Å². The van der Waals surface area contributed by atoms with Crippen LogP contribution in [0.4, 0.5) is 5.69 Å². The number of carbonyl (C=O) groups is 1. The number of carbonyl (C=O) groups excluding carboxylic acids is 1. The van der Waals surface area contributed by atoms with E-state index in [1.807, 2.05) is 12.2 Å². The summed E-state index contributed by atoms with van der Waals surface area (Å²) < 4.78 is 38.2. The number of allylic oxidation sites excluding steroid dienone is 4. The molecule has 0 unspecified atom stereocenters. The van der Waals surface area contributed by atoms with Crippen molar-refractivity contribution in [2.75, 3.05) is 37.2 Å². The molecule has 0 amide bonds. The van der Waals surface area contributed by atoms with Crippen LogP contribution in [-0.2, 0) is 21.2 Å². The number of sulfonamides is 1. The maximum absolute atomic E-state index is 13.7. The summed E-state index contributed by atoms with van der Waals surface area (Å²) in [6, 6.07) is 5.08. The molecule has 8 heteroatoms. The number of ether oxygens (including phenoxy) is 1. The van der Waals surface area contributed by atoms with Gasteiger partial charge < -0.3 is 14.1 Å². The lowest BCUT2D eigenvalue weighted by molar-refractivity contribution is 0.102. The van der Waals surface area contributed by atoms with Crippen molar-refractivity contribution in [1.29, 1.82) is 0 Å². The highest BCUT2D eigenvalue weighted by Crippen LogP contribution is 2.33. The minimum atomic E-state index is -3.44. The largest absolute Gasteiger partial charge is 0.498 e. The van der Waals surface area contributed by atoms with Gasteiger partial charge in [-0.15, -0.1) is 0 Å². The maximum Gasteiger partial charge on any atom is 0.229 e. The molecule has 0 atom stereocenters. The average Bonchev–Trinajstić information content (AvgIpc) is 3.27. The van der Waals surface area contributed by atoms with Crippen LogP contribution < -0.4 is 4.72 Å². The predicted octanol–water partition coefficient (Wildman–Crippen LogP) is 7.24. The van der Waals surface area contributed by atoms with Gasteiger partial charge in [0.05, 0.1) is 24.2 Å². The van der Waals surface area contributed by atoms with Gasteiger partial charge in [0.15, 0.2) is 5.78 Å². The van der Waals surface area contributed by atoms with Gasteiger partial charge in [0.1, 0.15) is 11.3 Å². The Morgan fingerprint density at radius 3 is 2.28 bits per heavy atom. The third kappa shape index (κ3) is 9.53. The second-order valence-electron chi connectivity index (χ2n) is 10.5. The second-order valence-corrected chi connectivity index (χ2v) is 12.2. The predicted molar refractivity (Wildman–Crippen MR) is 160 cm³/mol. The Balaban J connectivity index is 1.70. The van der Waals surface area contributed by atoms with E-state index in [2.05, 4.69) is 30.4 Å². The zero-order chi connectivity index (χ0) is 28.3. The van der Waals surface area contributed by atoms with Crippen LogP contribution >= 0.6 is 0 Å². The molecule has 0 saturated heterocycles. The summed E-state index contributed by atoms with van der Waals surface area (Å²) in [5, 5.41) is 0.641. The Hall–Kier alpha value is -2.58. The zero-order valence-corrected chi connectivity index (χ0v) is 25.0. The molecule has 0 aliphatic heterocycles. The fourth-order valence-electron chi connectivity index (χ4n) is 4.87.